The lowest BCUT2D eigenvalue weighted by Gasteiger charge is -2.09. The lowest BCUT2D eigenvalue weighted by molar-refractivity contribution is -0.385. The molecule has 0 saturated carbocycles. The molecule has 0 heterocycles. The maximum Gasteiger partial charge on any atom is 0.310 e. The van der Waals surface area contributed by atoms with Gasteiger partial charge in [0.2, 0.25) is 0 Å². The van der Waals surface area contributed by atoms with E-state index < -0.39 is 10.9 Å². The lowest BCUT2D eigenvalue weighted by Crippen LogP contribution is -2.10. The molecule has 0 aliphatic carbocycles. The fourth-order valence-corrected chi connectivity index (χ4v) is 2.08. The number of hydrogen-bond donors (Lipinski definition) is 0. The van der Waals surface area contributed by atoms with Crippen LogP contribution in [0.4, 0.5) is 5.69 Å². The van der Waals surface area contributed by atoms with Crippen LogP contribution < -0.4 is 4.74 Å². The van der Waals surface area contributed by atoms with Crippen molar-refractivity contribution < 1.29 is 19.2 Å². The first-order chi connectivity index (χ1) is 9.03. The molecule has 1 aromatic rings. The number of carbonyl (C=O) groups excluding carboxylic acids is 1. The zero-order valence-electron chi connectivity index (χ0n) is 10.6. The van der Waals surface area contributed by atoms with E-state index in [1.807, 2.05) is 0 Å². The van der Waals surface area contributed by atoms with Crippen LogP contribution in [0, 0.1) is 10.1 Å². The quantitative estimate of drug-likeness (QED) is 0.346. The molecule has 104 valence electrons. The topological polar surface area (TPSA) is 78.7 Å². The molecule has 0 fully saturated rings. The van der Waals surface area contributed by atoms with Gasteiger partial charge in [0.25, 0.3) is 5.69 Å². The number of nitrogens with zero attached hydrogens (tertiary/aromatic N) is 1. The third kappa shape index (κ3) is 3.92. The van der Waals surface area contributed by atoms with E-state index >= 15 is 0 Å². The molecule has 0 aliphatic rings. The van der Waals surface area contributed by atoms with Crippen LogP contribution in [-0.4, -0.2) is 24.6 Å². The predicted molar refractivity (Wildman–Crippen MR) is 72.6 cm³/mol. The molecule has 0 amide bonds. The molecule has 7 heteroatoms. The molecule has 0 aliphatic heterocycles. The molecular formula is C12H14BrNO5. The van der Waals surface area contributed by atoms with Crippen LogP contribution in [0.3, 0.4) is 0 Å². The molecule has 1 aromatic carbocycles. The maximum absolute atomic E-state index is 11.5. The number of rotatable bonds is 6. The molecule has 0 bridgehead atoms. The molecule has 0 unspecified atom stereocenters. The Hall–Kier alpha value is -1.63. The fourth-order valence-electron chi connectivity index (χ4n) is 1.64. The van der Waals surface area contributed by atoms with Crippen molar-refractivity contribution in [1.29, 1.82) is 0 Å². The largest absolute Gasteiger partial charge is 0.496 e. The van der Waals surface area contributed by atoms with Crippen LogP contribution in [0.15, 0.2) is 12.1 Å². The van der Waals surface area contributed by atoms with E-state index in [1.165, 1.54) is 13.2 Å². The second-order valence-electron chi connectivity index (χ2n) is 3.67. The van der Waals surface area contributed by atoms with Crippen LogP contribution in [-0.2, 0) is 21.3 Å². The van der Waals surface area contributed by atoms with Gasteiger partial charge < -0.3 is 9.47 Å². The number of nitro groups is 1. The van der Waals surface area contributed by atoms with Crippen LogP contribution >= 0.6 is 15.9 Å². The number of benzene rings is 1. The number of ether oxygens (including phenoxy) is 2. The van der Waals surface area contributed by atoms with Gasteiger partial charge in [-0.15, -0.1) is 0 Å². The van der Waals surface area contributed by atoms with Crippen molar-refractivity contribution in [2.75, 3.05) is 13.7 Å². The molecule has 6 nitrogen and oxygen atoms in total. The summed E-state index contributed by atoms with van der Waals surface area (Å²) in [5, 5.41) is 11.5. The van der Waals surface area contributed by atoms with Gasteiger partial charge in [-0.2, -0.15) is 0 Å². The summed E-state index contributed by atoms with van der Waals surface area (Å²) in [5.74, 6) is -0.0764. The van der Waals surface area contributed by atoms with Crippen molar-refractivity contribution in [2.24, 2.45) is 0 Å². The van der Waals surface area contributed by atoms with Gasteiger partial charge in [0.05, 0.1) is 31.1 Å². The molecule has 19 heavy (non-hydrogen) atoms. The van der Waals surface area contributed by atoms with Gasteiger partial charge in [-0.3, -0.25) is 14.9 Å². The third-order valence-corrected chi connectivity index (χ3v) is 3.07. The highest BCUT2D eigenvalue weighted by Crippen LogP contribution is 2.30. The van der Waals surface area contributed by atoms with E-state index in [4.69, 9.17) is 9.47 Å². The number of carbonyl (C=O) groups is 1. The van der Waals surface area contributed by atoms with Crippen molar-refractivity contribution in [2.45, 2.75) is 18.7 Å². The number of nitro benzene ring substituents is 1. The van der Waals surface area contributed by atoms with Crippen molar-refractivity contribution in [3.05, 3.63) is 33.4 Å². The highest BCUT2D eigenvalue weighted by Gasteiger charge is 2.20. The SMILES string of the molecule is CCOC(=O)Cc1cc(CBr)c(OC)cc1[N+](=O)[O-]. The Kier molecular flexibility index (Phi) is 5.75. The average Bonchev–Trinajstić information content (AvgIpc) is 2.38. The molecular weight excluding hydrogens is 318 g/mol. The Bertz CT molecular complexity index is 489. The number of methoxy groups -OCH3 is 1. The predicted octanol–water partition coefficient (Wildman–Crippen LogP) is 2.60. The summed E-state index contributed by atoms with van der Waals surface area (Å²) in [6.07, 6.45) is -0.131. The Labute approximate surface area is 119 Å². The zero-order valence-corrected chi connectivity index (χ0v) is 12.2. The van der Waals surface area contributed by atoms with Gasteiger partial charge in [0.15, 0.2) is 0 Å². The van der Waals surface area contributed by atoms with Crippen molar-refractivity contribution >= 4 is 27.6 Å². The minimum absolute atomic E-state index is 0.131. The summed E-state index contributed by atoms with van der Waals surface area (Å²) in [7, 11) is 1.44. The van der Waals surface area contributed by atoms with Gasteiger partial charge in [-0.05, 0) is 13.0 Å². The van der Waals surface area contributed by atoms with E-state index in [1.54, 1.807) is 13.0 Å². The second-order valence-corrected chi connectivity index (χ2v) is 4.23. The Balaban J connectivity index is 3.19. The second kappa shape index (κ2) is 7.08. The zero-order chi connectivity index (χ0) is 14.4. The summed E-state index contributed by atoms with van der Waals surface area (Å²) < 4.78 is 9.89. The summed E-state index contributed by atoms with van der Waals surface area (Å²) in [4.78, 5) is 21.9. The number of alkyl halides is 1. The molecule has 0 spiro atoms. The number of halogens is 1. The molecule has 0 aromatic heterocycles. The van der Waals surface area contributed by atoms with Gasteiger partial charge in [-0.1, -0.05) is 15.9 Å². The molecule has 0 atom stereocenters. The summed E-state index contributed by atoms with van der Waals surface area (Å²) >= 11 is 3.28. The Morgan fingerprint density at radius 3 is 2.58 bits per heavy atom. The van der Waals surface area contributed by atoms with E-state index in [0.717, 1.165) is 5.56 Å². The minimum Gasteiger partial charge on any atom is -0.496 e. The molecule has 0 saturated heterocycles. The Morgan fingerprint density at radius 2 is 2.11 bits per heavy atom. The van der Waals surface area contributed by atoms with Gasteiger partial charge in [0.1, 0.15) is 5.75 Å². The summed E-state index contributed by atoms with van der Waals surface area (Å²) in [5.41, 5.74) is 0.917. The van der Waals surface area contributed by atoms with Crippen LogP contribution in [0.2, 0.25) is 0 Å². The Morgan fingerprint density at radius 1 is 1.42 bits per heavy atom. The highest BCUT2D eigenvalue weighted by molar-refractivity contribution is 9.08. The van der Waals surface area contributed by atoms with Gasteiger partial charge in [-0.25, -0.2) is 0 Å². The monoisotopic (exact) mass is 331 g/mol. The smallest absolute Gasteiger partial charge is 0.310 e. The average molecular weight is 332 g/mol. The first-order valence-corrected chi connectivity index (χ1v) is 6.71. The summed E-state index contributed by atoms with van der Waals surface area (Å²) in [6.45, 7) is 1.93. The maximum atomic E-state index is 11.5. The van der Waals surface area contributed by atoms with Crippen molar-refractivity contribution in [1.82, 2.24) is 0 Å². The summed E-state index contributed by atoms with van der Waals surface area (Å²) in [6, 6.07) is 2.91. The fraction of sp³-hybridized carbons (Fsp3) is 0.417. The van der Waals surface area contributed by atoms with Crippen molar-refractivity contribution in [3.63, 3.8) is 0 Å². The van der Waals surface area contributed by atoms with Crippen molar-refractivity contribution in [3.8, 4) is 5.75 Å². The highest BCUT2D eigenvalue weighted by atomic mass is 79.9. The van der Waals surface area contributed by atoms with E-state index in [9.17, 15) is 14.9 Å². The normalized spacial score (nSPS) is 10.1. The lowest BCUT2D eigenvalue weighted by atomic mass is 10.1. The van der Waals surface area contributed by atoms with E-state index in [2.05, 4.69) is 15.9 Å². The molecule has 0 N–H and O–H groups in total. The van der Waals surface area contributed by atoms with E-state index in [-0.39, 0.29) is 18.7 Å². The first-order valence-electron chi connectivity index (χ1n) is 5.59. The van der Waals surface area contributed by atoms with Gasteiger partial charge in [0, 0.05) is 16.5 Å². The van der Waals surface area contributed by atoms with Crippen LogP contribution in [0.25, 0.3) is 0 Å². The van der Waals surface area contributed by atoms with E-state index in [0.29, 0.717) is 16.6 Å². The standard InChI is InChI=1S/C12H14BrNO5/c1-3-19-12(15)5-8-4-9(7-13)11(18-2)6-10(8)14(16)17/h4,6H,3,5,7H2,1-2H3. The third-order valence-electron chi connectivity index (χ3n) is 2.46. The number of esters is 1. The molecule has 1 rings (SSSR count). The first kappa shape index (κ1) is 15.4. The van der Waals surface area contributed by atoms with Gasteiger partial charge >= 0.3 is 5.97 Å². The minimum atomic E-state index is -0.533. The number of hydrogen-bond acceptors (Lipinski definition) is 5. The van der Waals surface area contributed by atoms with Crippen LogP contribution in [0.1, 0.15) is 18.1 Å². The molecule has 0 radical (unpaired) electrons. The van der Waals surface area contributed by atoms with Crippen LogP contribution in [0.5, 0.6) is 5.75 Å².